The van der Waals surface area contributed by atoms with Gasteiger partial charge in [0.2, 0.25) is 0 Å². The molecule has 0 fully saturated rings. The number of esters is 1. The highest BCUT2D eigenvalue weighted by Gasteiger charge is 2.13. The average molecular weight is 331 g/mol. The summed E-state index contributed by atoms with van der Waals surface area (Å²) in [7, 11) is 0. The van der Waals surface area contributed by atoms with Gasteiger partial charge in [0, 0.05) is 5.56 Å². The van der Waals surface area contributed by atoms with E-state index in [1.54, 1.807) is 43.3 Å². The van der Waals surface area contributed by atoms with Crippen LogP contribution in [0, 0.1) is 0 Å². The molecule has 24 heavy (non-hydrogen) atoms. The minimum Gasteiger partial charge on any atom is -0.482 e. The van der Waals surface area contributed by atoms with Crippen LogP contribution in [0.3, 0.4) is 0 Å². The SMILES string of the molecule is C[C@@H](NC(=O)COC(=O)COc1ccc(C=O)cc1)c1ccco1. The number of carbonyl (C=O) groups is 3. The van der Waals surface area contributed by atoms with Crippen LogP contribution in [0.2, 0.25) is 0 Å². The Morgan fingerprint density at radius 2 is 1.96 bits per heavy atom. The zero-order chi connectivity index (χ0) is 17.4. The van der Waals surface area contributed by atoms with Crippen LogP contribution in [0.15, 0.2) is 47.1 Å². The molecule has 2 rings (SSSR count). The van der Waals surface area contributed by atoms with E-state index in [4.69, 9.17) is 13.9 Å². The number of carbonyl (C=O) groups excluding carboxylic acids is 3. The maximum atomic E-state index is 11.7. The van der Waals surface area contributed by atoms with Crippen LogP contribution in [0.1, 0.15) is 29.1 Å². The van der Waals surface area contributed by atoms with E-state index in [0.29, 0.717) is 23.4 Å². The van der Waals surface area contributed by atoms with Crippen LogP contribution in [-0.2, 0) is 14.3 Å². The van der Waals surface area contributed by atoms with Crippen molar-refractivity contribution in [1.29, 1.82) is 0 Å². The quantitative estimate of drug-likeness (QED) is 0.586. The maximum absolute atomic E-state index is 11.7. The van der Waals surface area contributed by atoms with Crippen molar-refractivity contribution in [2.75, 3.05) is 13.2 Å². The fourth-order valence-electron chi connectivity index (χ4n) is 1.86. The van der Waals surface area contributed by atoms with Gasteiger partial charge in [0.25, 0.3) is 5.91 Å². The summed E-state index contributed by atoms with van der Waals surface area (Å²) in [5.74, 6) is -0.0805. The van der Waals surface area contributed by atoms with E-state index >= 15 is 0 Å². The molecule has 0 bridgehead atoms. The van der Waals surface area contributed by atoms with Crippen molar-refractivity contribution in [2.24, 2.45) is 0 Å². The zero-order valence-electron chi connectivity index (χ0n) is 13.1. The van der Waals surface area contributed by atoms with Gasteiger partial charge in [-0.05, 0) is 43.3 Å². The summed E-state index contributed by atoms with van der Waals surface area (Å²) in [4.78, 5) is 33.8. The smallest absolute Gasteiger partial charge is 0.344 e. The molecule has 7 heteroatoms. The Balaban J connectivity index is 1.68. The predicted octanol–water partition coefficient (Wildman–Crippen LogP) is 1.89. The second kappa shape index (κ2) is 8.52. The third kappa shape index (κ3) is 5.28. The molecule has 0 radical (unpaired) electrons. The summed E-state index contributed by atoms with van der Waals surface area (Å²) >= 11 is 0. The monoisotopic (exact) mass is 331 g/mol. The topological polar surface area (TPSA) is 94.8 Å². The van der Waals surface area contributed by atoms with Crippen molar-refractivity contribution in [3.8, 4) is 5.75 Å². The summed E-state index contributed by atoms with van der Waals surface area (Å²) in [6.45, 7) is 1.02. The van der Waals surface area contributed by atoms with Crippen molar-refractivity contribution >= 4 is 18.2 Å². The van der Waals surface area contributed by atoms with Gasteiger partial charge >= 0.3 is 5.97 Å². The van der Waals surface area contributed by atoms with Gasteiger partial charge in [-0.3, -0.25) is 9.59 Å². The number of hydrogen-bond acceptors (Lipinski definition) is 6. The Labute approximate surface area is 138 Å². The number of furan rings is 1. The average Bonchev–Trinajstić information content (AvgIpc) is 3.13. The molecule has 0 saturated heterocycles. The summed E-state index contributed by atoms with van der Waals surface area (Å²) in [5.41, 5.74) is 0.507. The fourth-order valence-corrected chi connectivity index (χ4v) is 1.86. The molecule has 0 spiro atoms. The van der Waals surface area contributed by atoms with Crippen molar-refractivity contribution < 1.29 is 28.3 Å². The molecule has 1 heterocycles. The first kappa shape index (κ1) is 17.3. The van der Waals surface area contributed by atoms with Crippen LogP contribution < -0.4 is 10.1 Å². The second-order valence-electron chi connectivity index (χ2n) is 4.94. The number of aldehydes is 1. The number of benzene rings is 1. The Kier molecular flexibility index (Phi) is 6.13. The minimum atomic E-state index is -0.671. The molecule has 0 aliphatic rings. The highest BCUT2D eigenvalue weighted by atomic mass is 16.6. The van der Waals surface area contributed by atoms with Crippen molar-refractivity contribution in [3.63, 3.8) is 0 Å². The van der Waals surface area contributed by atoms with Gasteiger partial charge in [-0.2, -0.15) is 0 Å². The molecule has 126 valence electrons. The third-order valence-corrected chi connectivity index (χ3v) is 3.08. The minimum absolute atomic E-state index is 0.321. The molecule has 7 nitrogen and oxygen atoms in total. The standard InChI is InChI=1S/C17H17NO6/c1-12(15-3-2-8-22-15)18-16(20)10-24-17(21)11-23-14-6-4-13(9-19)5-7-14/h2-9,12H,10-11H2,1H3,(H,18,20)/t12-/m1/s1. The third-order valence-electron chi connectivity index (χ3n) is 3.08. The lowest BCUT2D eigenvalue weighted by Crippen LogP contribution is -2.31. The summed E-state index contributed by atoms with van der Waals surface area (Å²) in [6, 6.07) is 9.40. The molecular weight excluding hydrogens is 314 g/mol. The number of rotatable bonds is 8. The van der Waals surface area contributed by atoms with Gasteiger partial charge in [-0.15, -0.1) is 0 Å². The number of hydrogen-bond donors (Lipinski definition) is 1. The van der Waals surface area contributed by atoms with Gasteiger partial charge in [-0.25, -0.2) is 4.79 Å². The molecule has 0 aliphatic carbocycles. The van der Waals surface area contributed by atoms with E-state index in [1.165, 1.54) is 6.26 Å². The van der Waals surface area contributed by atoms with Gasteiger partial charge < -0.3 is 19.2 Å². The highest BCUT2D eigenvalue weighted by Crippen LogP contribution is 2.12. The van der Waals surface area contributed by atoms with E-state index in [0.717, 1.165) is 0 Å². The van der Waals surface area contributed by atoms with E-state index in [-0.39, 0.29) is 12.6 Å². The van der Waals surface area contributed by atoms with Gasteiger partial charge in [0.05, 0.1) is 12.3 Å². The molecule has 1 aromatic heterocycles. The first-order valence-corrected chi connectivity index (χ1v) is 7.25. The molecule has 1 N–H and O–H groups in total. The Hall–Kier alpha value is -3.09. The maximum Gasteiger partial charge on any atom is 0.344 e. The van der Waals surface area contributed by atoms with E-state index in [9.17, 15) is 14.4 Å². The van der Waals surface area contributed by atoms with Gasteiger partial charge in [-0.1, -0.05) is 0 Å². The van der Waals surface area contributed by atoms with Crippen LogP contribution in [-0.4, -0.2) is 31.4 Å². The summed E-state index contributed by atoms with van der Waals surface area (Å²) < 4.78 is 15.2. The zero-order valence-corrected chi connectivity index (χ0v) is 13.1. The van der Waals surface area contributed by atoms with Crippen LogP contribution in [0.25, 0.3) is 0 Å². The largest absolute Gasteiger partial charge is 0.482 e. The lowest BCUT2D eigenvalue weighted by atomic mass is 10.2. The molecule has 1 aromatic carbocycles. The molecule has 1 amide bonds. The Morgan fingerprint density at radius 1 is 1.21 bits per heavy atom. The molecule has 1 atom stereocenters. The second-order valence-corrected chi connectivity index (χ2v) is 4.94. The van der Waals surface area contributed by atoms with Crippen molar-refractivity contribution in [3.05, 3.63) is 54.0 Å². The highest BCUT2D eigenvalue weighted by molar-refractivity contribution is 5.81. The Morgan fingerprint density at radius 3 is 2.58 bits per heavy atom. The number of ether oxygens (including phenoxy) is 2. The molecule has 2 aromatic rings. The lowest BCUT2D eigenvalue weighted by Gasteiger charge is -2.11. The first-order valence-electron chi connectivity index (χ1n) is 7.25. The van der Waals surface area contributed by atoms with Crippen LogP contribution >= 0.6 is 0 Å². The van der Waals surface area contributed by atoms with Gasteiger partial charge in [0.15, 0.2) is 13.2 Å². The summed E-state index contributed by atoms with van der Waals surface area (Å²) in [6.07, 6.45) is 2.22. The summed E-state index contributed by atoms with van der Waals surface area (Å²) in [5, 5.41) is 2.64. The normalized spacial score (nSPS) is 11.4. The Bertz CT molecular complexity index is 678. The van der Waals surface area contributed by atoms with E-state index < -0.39 is 18.5 Å². The van der Waals surface area contributed by atoms with Gasteiger partial charge in [0.1, 0.15) is 17.8 Å². The van der Waals surface area contributed by atoms with Crippen molar-refractivity contribution in [2.45, 2.75) is 13.0 Å². The molecular formula is C17H17NO6. The molecule has 0 saturated carbocycles. The number of amides is 1. The first-order chi connectivity index (χ1) is 11.6. The van der Waals surface area contributed by atoms with Crippen molar-refractivity contribution in [1.82, 2.24) is 5.32 Å². The van der Waals surface area contributed by atoms with E-state index in [1.807, 2.05) is 0 Å². The van der Waals surface area contributed by atoms with Crippen LogP contribution in [0.5, 0.6) is 5.75 Å². The molecule has 0 unspecified atom stereocenters. The van der Waals surface area contributed by atoms with Crippen LogP contribution in [0.4, 0.5) is 0 Å². The van der Waals surface area contributed by atoms with E-state index in [2.05, 4.69) is 5.32 Å². The fraction of sp³-hybridized carbons (Fsp3) is 0.235. The predicted molar refractivity (Wildman–Crippen MR) is 83.5 cm³/mol. The molecule has 0 aliphatic heterocycles. The number of nitrogens with one attached hydrogen (secondary N) is 1. The lowest BCUT2D eigenvalue weighted by molar-refractivity contribution is -0.150.